The van der Waals surface area contributed by atoms with Crippen LogP contribution in [0.4, 0.5) is 0 Å². The molecule has 15 heavy (non-hydrogen) atoms. The van der Waals surface area contributed by atoms with E-state index < -0.39 is 10.0 Å². The molecule has 82 valence electrons. The standard InChI is InChI=1S/C7H8BrN3O2S2/c8-5-2-1-3-6(4-5)15(12,13)11-10-7(9)14/h1-4,11H,(H3,9,10,14). The van der Waals surface area contributed by atoms with Gasteiger partial charge in [-0.25, -0.2) is 8.42 Å². The number of benzene rings is 1. The second-order valence-corrected chi connectivity index (χ2v) is 5.59. The van der Waals surface area contributed by atoms with Crippen molar-refractivity contribution >= 4 is 43.3 Å². The van der Waals surface area contributed by atoms with Crippen molar-refractivity contribution in [2.75, 3.05) is 0 Å². The molecule has 0 heterocycles. The van der Waals surface area contributed by atoms with Crippen molar-refractivity contribution in [3.05, 3.63) is 28.7 Å². The minimum atomic E-state index is -3.64. The minimum absolute atomic E-state index is 0.112. The molecule has 1 aromatic carbocycles. The number of nitrogens with one attached hydrogen (secondary N) is 2. The molecule has 0 unspecified atom stereocenters. The van der Waals surface area contributed by atoms with Gasteiger partial charge in [0.2, 0.25) is 0 Å². The fourth-order valence-corrected chi connectivity index (χ4v) is 2.38. The van der Waals surface area contributed by atoms with Gasteiger partial charge < -0.3 is 5.73 Å². The molecule has 8 heteroatoms. The van der Waals surface area contributed by atoms with E-state index in [0.29, 0.717) is 4.47 Å². The number of rotatable bonds is 3. The van der Waals surface area contributed by atoms with Crippen molar-refractivity contribution in [3.63, 3.8) is 0 Å². The van der Waals surface area contributed by atoms with E-state index in [1.54, 1.807) is 12.1 Å². The molecule has 0 spiro atoms. The predicted molar refractivity (Wildman–Crippen MR) is 64.4 cm³/mol. The molecule has 0 aromatic heterocycles. The van der Waals surface area contributed by atoms with E-state index in [0.717, 1.165) is 0 Å². The molecular weight excluding hydrogens is 302 g/mol. The van der Waals surface area contributed by atoms with Crippen LogP contribution in [0.1, 0.15) is 0 Å². The van der Waals surface area contributed by atoms with E-state index in [9.17, 15) is 8.42 Å². The van der Waals surface area contributed by atoms with Gasteiger partial charge >= 0.3 is 0 Å². The Hall–Kier alpha value is -0.700. The van der Waals surface area contributed by atoms with E-state index in [-0.39, 0.29) is 10.0 Å². The molecule has 0 saturated carbocycles. The summed E-state index contributed by atoms with van der Waals surface area (Å²) in [6.07, 6.45) is 0. The first-order valence-corrected chi connectivity index (χ1v) is 6.43. The maximum atomic E-state index is 11.6. The van der Waals surface area contributed by atoms with Crippen LogP contribution in [-0.2, 0) is 10.0 Å². The van der Waals surface area contributed by atoms with E-state index in [1.165, 1.54) is 12.1 Å². The van der Waals surface area contributed by atoms with Gasteiger partial charge in [0.15, 0.2) is 5.11 Å². The third-order valence-electron chi connectivity index (χ3n) is 1.41. The zero-order valence-electron chi connectivity index (χ0n) is 7.40. The molecule has 0 radical (unpaired) electrons. The van der Waals surface area contributed by atoms with Crippen LogP contribution in [-0.4, -0.2) is 13.5 Å². The Kier molecular flexibility index (Phi) is 4.03. The van der Waals surface area contributed by atoms with Crippen molar-refractivity contribution in [2.45, 2.75) is 4.90 Å². The predicted octanol–water partition coefficient (Wildman–Crippen LogP) is 0.476. The summed E-state index contributed by atoms with van der Waals surface area (Å²) in [7, 11) is -3.64. The Bertz CT molecular complexity index is 475. The third-order valence-corrected chi connectivity index (χ3v) is 3.26. The molecule has 0 aliphatic rings. The number of hydrogen-bond donors (Lipinski definition) is 3. The Morgan fingerprint density at radius 2 is 2.13 bits per heavy atom. The van der Waals surface area contributed by atoms with Crippen LogP contribution in [0.3, 0.4) is 0 Å². The highest BCUT2D eigenvalue weighted by atomic mass is 79.9. The van der Waals surface area contributed by atoms with Gasteiger partial charge in [-0.2, -0.15) is 0 Å². The summed E-state index contributed by atoms with van der Waals surface area (Å²) in [4.78, 5) is 2.15. The monoisotopic (exact) mass is 309 g/mol. The van der Waals surface area contributed by atoms with Crippen LogP contribution in [0.25, 0.3) is 0 Å². The van der Waals surface area contributed by atoms with Gasteiger partial charge in [-0.1, -0.05) is 22.0 Å². The second kappa shape index (κ2) is 4.88. The third kappa shape index (κ3) is 3.74. The smallest absolute Gasteiger partial charge is 0.257 e. The highest BCUT2D eigenvalue weighted by Crippen LogP contribution is 2.15. The largest absolute Gasteiger partial charge is 0.375 e. The fraction of sp³-hybridized carbons (Fsp3) is 0. The zero-order chi connectivity index (χ0) is 11.5. The van der Waals surface area contributed by atoms with Gasteiger partial charge in [0.25, 0.3) is 10.0 Å². The van der Waals surface area contributed by atoms with Gasteiger partial charge in [0.05, 0.1) is 4.90 Å². The summed E-state index contributed by atoms with van der Waals surface area (Å²) >= 11 is 7.64. The Labute approximate surface area is 101 Å². The molecule has 0 atom stereocenters. The normalized spacial score (nSPS) is 11.0. The first-order chi connectivity index (χ1) is 6.92. The van der Waals surface area contributed by atoms with Gasteiger partial charge in [0.1, 0.15) is 0 Å². The Morgan fingerprint density at radius 3 is 2.67 bits per heavy atom. The lowest BCUT2D eigenvalue weighted by Crippen LogP contribution is -2.44. The molecule has 5 nitrogen and oxygen atoms in total. The van der Waals surface area contributed by atoms with Crippen LogP contribution in [0, 0.1) is 0 Å². The van der Waals surface area contributed by atoms with Crippen LogP contribution < -0.4 is 16.0 Å². The van der Waals surface area contributed by atoms with Crippen molar-refractivity contribution in [1.29, 1.82) is 0 Å². The summed E-state index contributed by atoms with van der Waals surface area (Å²) in [6.45, 7) is 0. The second-order valence-electron chi connectivity index (χ2n) is 2.55. The number of sulfonamides is 1. The van der Waals surface area contributed by atoms with Crippen molar-refractivity contribution in [2.24, 2.45) is 5.73 Å². The van der Waals surface area contributed by atoms with Crippen molar-refractivity contribution < 1.29 is 8.42 Å². The van der Waals surface area contributed by atoms with Crippen LogP contribution in [0.5, 0.6) is 0 Å². The summed E-state index contributed by atoms with van der Waals surface area (Å²) in [5, 5.41) is -0.145. The molecule has 4 N–H and O–H groups in total. The molecule has 0 fully saturated rings. The lowest BCUT2D eigenvalue weighted by molar-refractivity contribution is 0.577. The molecule has 1 rings (SSSR count). The van der Waals surface area contributed by atoms with Crippen LogP contribution >= 0.6 is 28.1 Å². The van der Waals surface area contributed by atoms with E-state index in [1.807, 2.05) is 4.83 Å². The number of thiocarbonyl (C=S) groups is 1. The van der Waals surface area contributed by atoms with Crippen LogP contribution in [0.2, 0.25) is 0 Å². The highest BCUT2D eigenvalue weighted by molar-refractivity contribution is 9.10. The van der Waals surface area contributed by atoms with Gasteiger partial charge in [0, 0.05) is 4.47 Å². The first kappa shape index (κ1) is 12.4. The summed E-state index contributed by atoms with van der Waals surface area (Å²) in [6, 6.07) is 6.25. The van der Waals surface area contributed by atoms with Gasteiger partial charge in [-0.3, -0.25) is 5.43 Å². The molecule has 0 aliphatic heterocycles. The summed E-state index contributed by atoms with van der Waals surface area (Å²) in [5.74, 6) is 0. The Morgan fingerprint density at radius 1 is 1.47 bits per heavy atom. The van der Waals surface area contributed by atoms with E-state index in [4.69, 9.17) is 5.73 Å². The molecule has 1 aromatic rings. The highest BCUT2D eigenvalue weighted by Gasteiger charge is 2.13. The van der Waals surface area contributed by atoms with Gasteiger partial charge in [-0.05, 0) is 30.4 Å². The molecule has 0 aliphatic carbocycles. The van der Waals surface area contributed by atoms with Crippen molar-refractivity contribution in [1.82, 2.24) is 10.3 Å². The average Bonchev–Trinajstić information content (AvgIpc) is 2.15. The maximum absolute atomic E-state index is 11.6. The number of nitrogens with two attached hydrogens (primary N) is 1. The quantitative estimate of drug-likeness (QED) is 0.558. The zero-order valence-corrected chi connectivity index (χ0v) is 10.6. The number of halogens is 1. The number of hydrogen-bond acceptors (Lipinski definition) is 3. The minimum Gasteiger partial charge on any atom is -0.375 e. The summed E-state index contributed by atoms with van der Waals surface area (Å²) in [5.41, 5.74) is 7.25. The molecule has 0 bridgehead atoms. The lowest BCUT2D eigenvalue weighted by atomic mass is 10.4. The summed E-state index contributed by atoms with van der Waals surface area (Å²) < 4.78 is 23.8. The van der Waals surface area contributed by atoms with Crippen molar-refractivity contribution in [3.8, 4) is 0 Å². The molecule has 0 saturated heterocycles. The van der Waals surface area contributed by atoms with Gasteiger partial charge in [-0.15, -0.1) is 4.83 Å². The van der Waals surface area contributed by atoms with E-state index >= 15 is 0 Å². The topological polar surface area (TPSA) is 84.2 Å². The number of hydrazine groups is 1. The molecule has 0 amide bonds. The Balaban J connectivity index is 2.91. The maximum Gasteiger partial charge on any atom is 0.257 e. The van der Waals surface area contributed by atoms with Crippen LogP contribution in [0.15, 0.2) is 33.6 Å². The first-order valence-electron chi connectivity index (χ1n) is 3.74. The SMILES string of the molecule is NC(=S)NNS(=O)(=O)c1cccc(Br)c1. The van der Waals surface area contributed by atoms with E-state index in [2.05, 4.69) is 33.6 Å². The molecular formula is C7H8BrN3O2S2. The average molecular weight is 310 g/mol. The lowest BCUT2D eigenvalue weighted by Gasteiger charge is -2.07. The fourth-order valence-electron chi connectivity index (χ4n) is 0.811.